The molecule has 27 heavy (non-hydrogen) atoms. The van der Waals surface area contributed by atoms with Crippen LogP contribution in [0.4, 0.5) is 5.69 Å². The summed E-state index contributed by atoms with van der Waals surface area (Å²) < 4.78 is 32.0. The van der Waals surface area contributed by atoms with Crippen LogP contribution in [0.3, 0.4) is 0 Å². The minimum atomic E-state index is -3.44. The average molecular weight is 388 g/mol. The van der Waals surface area contributed by atoms with Gasteiger partial charge in [-0.1, -0.05) is 17.7 Å². The fourth-order valence-corrected chi connectivity index (χ4v) is 4.59. The topological polar surface area (TPSA) is 75.7 Å². The molecule has 1 N–H and O–H groups in total. The van der Waals surface area contributed by atoms with Crippen LogP contribution in [0.15, 0.2) is 47.4 Å². The maximum absolute atomic E-state index is 12.5. The summed E-state index contributed by atoms with van der Waals surface area (Å²) >= 11 is 0. The monoisotopic (exact) mass is 388 g/mol. The Morgan fingerprint density at radius 1 is 1.07 bits per heavy atom. The molecule has 144 valence electrons. The van der Waals surface area contributed by atoms with Gasteiger partial charge in [0.05, 0.1) is 4.90 Å². The number of amides is 1. The molecule has 0 unspecified atom stereocenters. The standard InChI is InChI=1S/C20H24N2O4S/c1-15-5-10-19(16(2)13-15)21-20(23)14-26-17-6-8-18(9-7-17)27(24,25)22-11-3-4-12-22/h5-10,13H,3-4,11-12,14H2,1-2H3,(H,21,23). The molecule has 2 aromatic rings. The van der Waals surface area contributed by atoms with Crippen molar-refractivity contribution < 1.29 is 17.9 Å². The number of nitrogens with one attached hydrogen (secondary N) is 1. The van der Waals surface area contributed by atoms with Crippen LogP contribution in [0, 0.1) is 13.8 Å². The summed E-state index contributed by atoms with van der Waals surface area (Å²) in [6.07, 6.45) is 1.80. The zero-order chi connectivity index (χ0) is 19.4. The lowest BCUT2D eigenvalue weighted by Gasteiger charge is -2.15. The third-order valence-electron chi connectivity index (χ3n) is 4.55. The van der Waals surface area contributed by atoms with E-state index in [9.17, 15) is 13.2 Å². The number of hydrogen-bond acceptors (Lipinski definition) is 4. The van der Waals surface area contributed by atoms with Gasteiger partial charge in [0.25, 0.3) is 5.91 Å². The van der Waals surface area contributed by atoms with Gasteiger partial charge < -0.3 is 10.1 Å². The molecule has 0 atom stereocenters. The first-order chi connectivity index (χ1) is 12.9. The summed E-state index contributed by atoms with van der Waals surface area (Å²) in [7, 11) is -3.44. The zero-order valence-corrected chi connectivity index (χ0v) is 16.4. The van der Waals surface area contributed by atoms with Gasteiger partial charge in [-0.3, -0.25) is 4.79 Å². The Morgan fingerprint density at radius 3 is 2.37 bits per heavy atom. The van der Waals surface area contributed by atoms with Crippen molar-refractivity contribution in [1.29, 1.82) is 0 Å². The van der Waals surface area contributed by atoms with Crippen LogP contribution in [-0.2, 0) is 14.8 Å². The number of nitrogens with zero attached hydrogens (tertiary/aromatic N) is 1. The van der Waals surface area contributed by atoms with Gasteiger partial charge in [0.15, 0.2) is 6.61 Å². The number of rotatable bonds is 6. The predicted octanol–water partition coefficient (Wildman–Crippen LogP) is 3.11. The predicted molar refractivity (Wildman–Crippen MR) is 104 cm³/mol. The van der Waals surface area contributed by atoms with Crippen molar-refractivity contribution in [3.63, 3.8) is 0 Å². The van der Waals surface area contributed by atoms with Gasteiger partial charge in [-0.25, -0.2) is 8.42 Å². The lowest BCUT2D eigenvalue weighted by atomic mass is 10.1. The van der Waals surface area contributed by atoms with Crippen LogP contribution >= 0.6 is 0 Å². The van der Waals surface area contributed by atoms with Crippen LogP contribution in [0.5, 0.6) is 5.75 Å². The second kappa shape index (κ2) is 8.10. The Balaban J connectivity index is 1.57. The first kappa shape index (κ1) is 19.4. The number of hydrogen-bond donors (Lipinski definition) is 1. The quantitative estimate of drug-likeness (QED) is 0.825. The van der Waals surface area contributed by atoms with Gasteiger partial charge in [-0.2, -0.15) is 4.31 Å². The highest BCUT2D eigenvalue weighted by Gasteiger charge is 2.26. The van der Waals surface area contributed by atoms with Crippen molar-refractivity contribution in [2.75, 3.05) is 25.0 Å². The number of benzene rings is 2. The molecular weight excluding hydrogens is 364 g/mol. The first-order valence-corrected chi connectivity index (χ1v) is 10.4. The van der Waals surface area contributed by atoms with Crippen molar-refractivity contribution in [2.45, 2.75) is 31.6 Å². The molecule has 1 heterocycles. The molecule has 7 heteroatoms. The third kappa shape index (κ3) is 4.67. The van der Waals surface area contributed by atoms with E-state index in [1.54, 1.807) is 12.1 Å². The van der Waals surface area contributed by atoms with E-state index >= 15 is 0 Å². The maximum atomic E-state index is 12.5. The van der Waals surface area contributed by atoms with Crippen LogP contribution in [-0.4, -0.2) is 38.3 Å². The lowest BCUT2D eigenvalue weighted by molar-refractivity contribution is -0.118. The van der Waals surface area contributed by atoms with Gasteiger partial charge in [0, 0.05) is 18.8 Å². The fourth-order valence-electron chi connectivity index (χ4n) is 3.07. The van der Waals surface area contributed by atoms with Gasteiger partial charge in [-0.05, 0) is 62.6 Å². The molecule has 1 aliphatic rings. The number of carbonyl (C=O) groups is 1. The van der Waals surface area contributed by atoms with Crippen LogP contribution < -0.4 is 10.1 Å². The molecule has 1 fully saturated rings. The summed E-state index contributed by atoms with van der Waals surface area (Å²) in [5.41, 5.74) is 2.87. The maximum Gasteiger partial charge on any atom is 0.262 e. The largest absolute Gasteiger partial charge is 0.484 e. The first-order valence-electron chi connectivity index (χ1n) is 8.96. The lowest BCUT2D eigenvalue weighted by Crippen LogP contribution is -2.27. The minimum Gasteiger partial charge on any atom is -0.484 e. The van der Waals surface area contributed by atoms with Gasteiger partial charge in [0.1, 0.15) is 5.75 Å². The van der Waals surface area contributed by atoms with Gasteiger partial charge in [-0.15, -0.1) is 0 Å². The van der Waals surface area contributed by atoms with Crippen molar-refractivity contribution in [2.24, 2.45) is 0 Å². The van der Waals surface area contributed by atoms with Crippen LogP contribution in [0.2, 0.25) is 0 Å². The molecule has 3 rings (SSSR count). The van der Waals surface area contributed by atoms with Crippen LogP contribution in [0.1, 0.15) is 24.0 Å². The Hall–Kier alpha value is -2.38. The van der Waals surface area contributed by atoms with Crippen molar-refractivity contribution >= 4 is 21.6 Å². The molecule has 1 amide bonds. The number of carbonyl (C=O) groups excluding carboxylic acids is 1. The Labute approximate surface area is 160 Å². The van der Waals surface area contributed by atoms with E-state index in [4.69, 9.17) is 4.74 Å². The Bertz CT molecular complexity index is 917. The second-order valence-corrected chi connectivity index (χ2v) is 8.68. The molecule has 2 aromatic carbocycles. The molecule has 0 aliphatic carbocycles. The molecule has 0 radical (unpaired) electrons. The molecule has 0 bridgehead atoms. The Morgan fingerprint density at radius 2 is 1.74 bits per heavy atom. The van der Waals surface area contributed by atoms with Gasteiger partial charge >= 0.3 is 0 Å². The summed E-state index contributed by atoms with van der Waals surface area (Å²) in [6.45, 7) is 4.92. The highest BCUT2D eigenvalue weighted by Crippen LogP contribution is 2.23. The van der Waals surface area contributed by atoms with Gasteiger partial charge in [0.2, 0.25) is 10.0 Å². The fraction of sp³-hybridized carbons (Fsp3) is 0.350. The van der Waals surface area contributed by atoms with E-state index in [0.717, 1.165) is 29.7 Å². The third-order valence-corrected chi connectivity index (χ3v) is 6.47. The molecule has 0 aromatic heterocycles. The molecule has 6 nitrogen and oxygen atoms in total. The van der Waals surface area contributed by atoms with E-state index in [-0.39, 0.29) is 17.4 Å². The minimum absolute atomic E-state index is 0.147. The summed E-state index contributed by atoms with van der Waals surface area (Å²) in [5.74, 6) is 0.182. The average Bonchev–Trinajstić information content (AvgIpc) is 3.18. The zero-order valence-electron chi connectivity index (χ0n) is 15.6. The highest BCUT2D eigenvalue weighted by molar-refractivity contribution is 7.89. The second-order valence-electron chi connectivity index (χ2n) is 6.74. The molecule has 1 aliphatic heterocycles. The number of anilines is 1. The molecule has 0 saturated carbocycles. The highest BCUT2D eigenvalue weighted by atomic mass is 32.2. The number of sulfonamides is 1. The van der Waals surface area contributed by atoms with Crippen LogP contribution in [0.25, 0.3) is 0 Å². The van der Waals surface area contributed by atoms with E-state index in [1.165, 1.54) is 16.4 Å². The molecule has 1 saturated heterocycles. The SMILES string of the molecule is Cc1ccc(NC(=O)COc2ccc(S(=O)(=O)N3CCCC3)cc2)c(C)c1. The number of ether oxygens (including phenoxy) is 1. The van der Waals surface area contributed by atoms with Crippen molar-refractivity contribution in [3.8, 4) is 5.75 Å². The van der Waals surface area contributed by atoms with E-state index in [2.05, 4.69) is 5.32 Å². The van der Waals surface area contributed by atoms with Crippen molar-refractivity contribution in [3.05, 3.63) is 53.6 Å². The van der Waals surface area contributed by atoms with E-state index < -0.39 is 10.0 Å². The van der Waals surface area contributed by atoms with Crippen molar-refractivity contribution in [1.82, 2.24) is 4.31 Å². The van der Waals surface area contributed by atoms with E-state index in [0.29, 0.717) is 18.8 Å². The summed E-state index contributed by atoms with van der Waals surface area (Å²) in [6, 6.07) is 12.0. The molecular formula is C20H24N2O4S. The van der Waals surface area contributed by atoms with E-state index in [1.807, 2.05) is 32.0 Å². The number of aryl methyl sites for hydroxylation is 2. The normalized spacial score (nSPS) is 14.9. The summed E-state index contributed by atoms with van der Waals surface area (Å²) in [4.78, 5) is 12.3. The Kier molecular flexibility index (Phi) is 5.82. The smallest absolute Gasteiger partial charge is 0.262 e. The molecule has 0 spiro atoms. The summed E-state index contributed by atoms with van der Waals surface area (Å²) in [5, 5.41) is 2.81.